The Morgan fingerprint density at radius 2 is 1.78 bits per heavy atom. The first-order valence-electron chi connectivity index (χ1n) is 8.49. The summed E-state index contributed by atoms with van der Waals surface area (Å²) in [6.45, 7) is 3.73. The molecule has 0 saturated carbocycles. The first-order valence-corrected chi connectivity index (χ1v) is 8.49. The maximum atomic E-state index is 12.8. The van der Waals surface area contributed by atoms with E-state index < -0.39 is 10.8 Å². The van der Waals surface area contributed by atoms with Crippen molar-refractivity contribution in [3.05, 3.63) is 63.7 Å². The third-order valence-electron chi connectivity index (χ3n) is 4.34. The summed E-state index contributed by atoms with van der Waals surface area (Å²) in [5.41, 5.74) is 1.74. The molecule has 1 fully saturated rings. The van der Waals surface area contributed by atoms with Gasteiger partial charge >= 0.3 is 0 Å². The van der Waals surface area contributed by atoms with Gasteiger partial charge in [0.1, 0.15) is 0 Å². The normalized spacial score (nSPS) is 13.9. The van der Waals surface area contributed by atoms with Crippen molar-refractivity contribution >= 4 is 28.8 Å². The van der Waals surface area contributed by atoms with Crippen LogP contribution in [0, 0.1) is 10.1 Å². The molecule has 1 saturated heterocycles. The van der Waals surface area contributed by atoms with Gasteiger partial charge in [0, 0.05) is 36.5 Å². The Bertz CT molecular complexity index is 873. The van der Waals surface area contributed by atoms with Crippen LogP contribution in [-0.2, 0) is 4.74 Å². The number of ketones is 1. The van der Waals surface area contributed by atoms with E-state index in [2.05, 4.69) is 5.32 Å². The number of nitro groups is 1. The lowest BCUT2D eigenvalue weighted by molar-refractivity contribution is -0.384. The number of non-ortho nitro benzene ring substituents is 1. The van der Waals surface area contributed by atoms with E-state index in [9.17, 15) is 19.7 Å². The van der Waals surface area contributed by atoms with Crippen molar-refractivity contribution in [3.8, 4) is 0 Å². The standard InChI is InChI=1S/C19H19N3O5/c1-13(23)14-2-4-15(5-3-14)20-19(24)17-12-16(22(25)26)6-7-18(17)21-8-10-27-11-9-21/h2-7,12H,8-11H2,1H3,(H,20,24). The van der Waals surface area contributed by atoms with Crippen molar-refractivity contribution in [2.75, 3.05) is 36.5 Å². The Labute approximate surface area is 155 Å². The minimum atomic E-state index is -0.526. The highest BCUT2D eigenvalue weighted by Crippen LogP contribution is 2.27. The molecule has 2 aromatic rings. The van der Waals surface area contributed by atoms with Gasteiger partial charge in [0.05, 0.1) is 29.4 Å². The number of benzene rings is 2. The molecule has 0 atom stereocenters. The number of nitro benzene ring substituents is 1. The van der Waals surface area contributed by atoms with Crippen molar-refractivity contribution in [3.63, 3.8) is 0 Å². The third kappa shape index (κ3) is 4.29. The molecule has 0 aromatic heterocycles. The van der Waals surface area contributed by atoms with Crippen LogP contribution < -0.4 is 10.2 Å². The van der Waals surface area contributed by atoms with Crippen molar-refractivity contribution < 1.29 is 19.2 Å². The number of nitrogens with one attached hydrogen (secondary N) is 1. The second-order valence-electron chi connectivity index (χ2n) is 6.15. The second-order valence-corrected chi connectivity index (χ2v) is 6.15. The van der Waals surface area contributed by atoms with Gasteiger partial charge in [-0.3, -0.25) is 19.7 Å². The summed E-state index contributed by atoms with van der Waals surface area (Å²) in [6, 6.07) is 10.8. The molecule has 0 spiro atoms. The van der Waals surface area contributed by atoms with Crippen LogP contribution in [0.5, 0.6) is 0 Å². The minimum absolute atomic E-state index is 0.0684. The molecule has 3 rings (SSSR count). The monoisotopic (exact) mass is 369 g/mol. The Morgan fingerprint density at radius 3 is 2.37 bits per heavy atom. The second kappa shape index (κ2) is 7.96. The van der Waals surface area contributed by atoms with Crippen molar-refractivity contribution in [2.24, 2.45) is 0 Å². The van der Waals surface area contributed by atoms with E-state index in [1.807, 2.05) is 4.90 Å². The number of hydrogen-bond donors (Lipinski definition) is 1. The van der Waals surface area contributed by atoms with Gasteiger partial charge in [-0.15, -0.1) is 0 Å². The molecular weight excluding hydrogens is 350 g/mol. The smallest absolute Gasteiger partial charge is 0.270 e. The predicted molar refractivity (Wildman–Crippen MR) is 101 cm³/mol. The van der Waals surface area contributed by atoms with Gasteiger partial charge < -0.3 is 15.0 Å². The first-order chi connectivity index (χ1) is 13.0. The van der Waals surface area contributed by atoms with E-state index >= 15 is 0 Å². The lowest BCUT2D eigenvalue weighted by atomic mass is 10.1. The number of amides is 1. The summed E-state index contributed by atoms with van der Waals surface area (Å²) in [7, 11) is 0. The fourth-order valence-electron chi connectivity index (χ4n) is 2.89. The molecule has 0 aliphatic carbocycles. The van der Waals surface area contributed by atoms with Crippen molar-refractivity contribution in [2.45, 2.75) is 6.92 Å². The van der Waals surface area contributed by atoms with E-state index in [1.165, 1.54) is 19.1 Å². The zero-order valence-corrected chi connectivity index (χ0v) is 14.8. The van der Waals surface area contributed by atoms with Crippen molar-refractivity contribution in [1.29, 1.82) is 0 Å². The number of hydrogen-bond acceptors (Lipinski definition) is 6. The molecule has 0 radical (unpaired) electrons. The number of carbonyl (C=O) groups excluding carboxylic acids is 2. The molecule has 2 aromatic carbocycles. The van der Waals surface area contributed by atoms with Gasteiger partial charge in [0.2, 0.25) is 0 Å². The predicted octanol–water partition coefficient (Wildman–Crippen LogP) is 2.89. The van der Waals surface area contributed by atoms with E-state index in [1.54, 1.807) is 30.3 Å². The number of rotatable bonds is 5. The summed E-state index contributed by atoms with van der Waals surface area (Å²) < 4.78 is 5.33. The number of nitrogens with zero attached hydrogens (tertiary/aromatic N) is 2. The van der Waals surface area contributed by atoms with Crippen LogP contribution in [0.1, 0.15) is 27.6 Å². The Morgan fingerprint density at radius 1 is 1.11 bits per heavy atom. The van der Waals surface area contributed by atoms with Crippen LogP contribution in [-0.4, -0.2) is 42.9 Å². The van der Waals surface area contributed by atoms with Crippen LogP contribution in [0.25, 0.3) is 0 Å². The van der Waals surface area contributed by atoms with E-state index in [-0.39, 0.29) is 17.0 Å². The first kappa shape index (κ1) is 18.5. The largest absolute Gasteiger partial charge is 0.378 e. The van der Waals surface area contributed by atoms with E-state index in [4.69, 9.17) is 4.74 Å². The maximum Gasteiger partial charge on any atom is 0.270 e. The number of Topliss-reactive ketones (excluding diaryl/α,β-unsaturated/α-hetero) is 1. The van der Waals surface area contributed by atoms with Crippen LogP contribution in [0.3, 0.4) is 0 Å². The SMILES string of the molecule is CC(=O)c1ccc(NC(=O)c2cc([N+](=O)[O-])ccc2N2CCOCC2)cc1. The molecule has 1 heterocycles. The number of anilines is 2. The van der Waals surface area contributed by atoms with Gasteiger partial charge in [-0.1, -0.05) is 0 Å². The lowest BCUT2D eigenvalue weighted by Crippen LogP contribution is -2.37. The highest BCUT2D eigenvalue weighted by atomic mass is 16.6. The fourth-order valence-corrected chi connectivity index (χ4v) is 2.89. The highest BCUT2D eigenvalue weighted by molar-refractivity contribution is 6.08. The average Bonchev–Trinajstić information content (AvgIpc) is 2.68. The highest BCUT2D eigenvalue weighted by Gasteiger charge is 2.22. The summed E-state index contributed by atoms with van der Waals surface area (Å²) in [6.07, 6.45) is 0. The maximum absolute atomic E-state index is 12.8. The molecule has 1 aliphatic heterocycles. The van der Waals surface area contributed by atoms with Crippen LogP contribution in [0.2, 0.25) is 0 Å². The Kier molecular flexibility index (Phi) is 5.46. The molecule has 1 N–H and O–H groups in total. The number of carbonyl (C=O) groups is 2. The van der Waals surface area contributed by atoms with Gasteiger partial charge in [0.15, 0.2) is 5.78 Å². The molecule has 0 unspecified atom stereocenters. The van der Waals surface area contributed by atoms with Gasteiger partial charge in [0.25, 0.3) is 11.6 Å². The molecule has 8 heteroatoms. The summed E-state index contributed by atoms with van der Waals surface area (Å²) in [5.74, 6) is -0.517. The zero-order chi connectivity index (χ0) is 19.4. The average molecular weight is 369 g/mol. The molecule has 27 heavy (non-hydrogen) atoms. The third-order valence-corrected chi connectivity index (χ3v) is 4.34. The summed E-state index contributed by atoms with van der Waals surface area (Å²) in [4.78, 5) is 36.7. The minimum Gasteiger partial charge on any atom is -0.378 e. The Hall–Kier alpha value is -3.26. The fraction of sp³-hybridized carbons (Fsp3) is 0.263. The van der Waals surface area contributed by atoms with Crippen LogP contribution in [0.15, 0.2) is 42.5 Å². The van der Waals surface area contributed by atoms with Crippen LogP contribution >= 0.6 is 0 Å². The molecule has 0 bridgehead atoms. The molecule has 8 nitrogen and oxygen atoms in total. The Balaban J connectivity index is 1.89. The topological polar surface area (TPSA) is 102 Å². The number of morpholine rings is 1. The van der Waals surface area contributed by atoms with Gasteiger partial charge in [-0.05, 0) is 37.3 Å². The van der Waals surface area contributed by atoms with E-state index in [0.717, 1.165) is 0 Å². The van der Waals surface area contributed by atoms with Crippen LogP contribution in [0.4, 0.5) is 17.1 Å². The molecule has 140 valence electrons. The van der Waals surface area contributed by atoms with E-state index in [0.29, 0.717) is 43.2 Å². The number of ether oxygens (including phenoxy) is 1. The van der Waals surface area contributed by atoms with Gasteiger partial charge in [-0.2, -0.15) is 0 Å². The molecule has 1 aliphatic rings. The van der Waals surface area contributed by atoms with Crippen molar-refractivity contribution in [1.82, 2.24) is 0 Å². The molecular formula is C19H19N3O5. The lowest BCUT2D eigenvalue weighted by Gasteiger charge is -2.30. The summed E-state index contributed by atoms with van der Waals surface area (Å²) >= 11 is 0. The summed E-state index contributed by atoms with van der Waals surface area (Å²) in [5, 5.41) is 13.9. The van der Waals surface area contributed by atoms with Gasteiger partial charge in [-0.25, -0.2) is 0 Å². The zero-order valence-electron chi connectivity index (χ0n) is 14.8. The molecule has 1 amide bonds. The quantitative estimate of drug-likeness (QED) is 0.494.